The fraction of sp³-hybridized carbons (Fsp3) is 0.312. The van der Waals surface area contributed by atoms with E-state index in [1.54, 1.807) is 29.2 Å². The molecule has 0 saturated carbocycles. The second-order valence-corrected chi connectivity index (χ2v) is 9.88. The van der Waals surface area contributed by atoms with Crippen LogP contribution in [-0.4, -0.2) is 73.1 Å². The van der Waals surface area contributed by atoms with Gasteiger partial charge in [0.15, 0.2) is 0 Å². The van der Waals surface area contributed by atoms with Gasteiger partial charge >= 0.3 is 0 Å². The number of ether oxygens (including phenoxy) is 3. The number of morpholine rings is 1. The normalized spacial score (nSPS) is 19.1. The van der Waals surface area contributed by atoms with Gasteiger partial charge in [0.25, 0.3) is 11.7 Å². The molecule has 0 aliphatic carbocycles. The molecular weight excluding hydrogens is 508 g/mol. The third-order valence-corrected chi connectivity index (χ3v) is 7.30. The molecule has 2 fully saturated rings. The van der Waals surface area contributed by atoms with Crippen molar-refractivity contribution in [3.8, 4) is 11.5 Å². The zero-order chi connectivity index (χ0) is 27.9. The molecule has 40 heavy (non-hydrogen) atoms. The first-order valence-corrected chi connectivity index (χ1v) is 13.5. The number of carbonyl (C=O) groups is 2. The van der Waals surface area contributed by atoms with Crippen LogP contribution in [0.2, 0.25) is 0 Å². The number of likely N-dealkylation sites (tertiary alicyclic amines) is 1. The quantitative estimate of drug-likeness (QED) is 0.231. The molecule has 8 heteroatoms. The van der Waals surface area contributed by atoms with Gasteiger partial charge < -0.3 is 24.2 Å². The lowest BCUT2D eigenvalue weighted by Gasteiger charge is -2.29. The first-order chi connectivity index (χ1) is 19.5. The predicted molar refractivity (Wildman–Crippen MR) is 151 cm³/mol. The van der Waals surface area contributed by atoms with Crippen molar-refractivity contribution >= 4 is 17.4 Å². The molecule has 2 saturated heterocycles. The van der Waals surface area contributed by atoms with E-state index in [0.29, 0.717) is 49.8 Å². The molecule has 1 atom stereocenters. The van der Waals surface area contributed by atoms with Gasteiger partial charge in [0.05, 0.1) is 31.9 Å². The minimum absolute atomic E-state index is 0.0718. The standard InChI is InChI=1S/C32H34N2O6/c1-38-27-10-5-9-25(21-27)30(35)28-29(24-11-13-26(14-12-24)40-22-23-7-3-2-4-8-23)34(32(37)31(28)36)16-6-15-33-17-19-39-20-18-33/h2-5,7-14,21,29,35H,6,15-20,22H2,1H3. The summed E-state index contributed by atoms with van der Waals surface area (Å²) in [5.74, 6) is -0.311. The first kappa shape index (κ1) is 27.4. The van der Waals surface area contributed by atoms with Crippen LogP contribution >= 0.6 is 0 Å². The number of amides is 1. The van der Waals surface area contributed by atoms with Crippen molar-refractivity contribution in [1.82, 2.24) is 9.80 Å². The fourth-order valence-electron chi connectivity index (χ4n) is 5.16. The average Bonchev–Trinajstić information content (AvgIpc) is 3.26. The lowest BCUT2D eigenvalue weighted by molar-refractivity contribution is -0.140. The second kappa shape index (κ2) is 12.8. The van der Waals surface area contributed by atoms with Crippen LogP contribution in [-0.2, 0) is 20.9 Å². The van der Waals surface area contributed by atoms with E-state index in [4.69, 9.17) is 14.2 Å². The highest BCUT2D eigenvalue weighted by atomic mass is 16.5. The summed E-state index contributed by atoms with van der Waals surface area (Å²) in [5, 5.41) is 11.3. The highest BCUT2D eigenvalue weighted by molar-refractivity contribution is 6.46. The minimum Gasteiger partial charge on any atom is -0.507 e. The van der Waals surface area contributed by atoms with Gasteiger partial charge in [-0.2, -0.15) is 0 Å². The number of rotatable bonds is 10. The number of ketones is 1. The molecule has 1 amide bonds. The van der Waals surface area contributed by atoms with Crippen LogP contribution < -0.4 is 9.47 Å². The van der Waals surface area contributed by atoms with Crippen LogP contribution in [0.3, 0.4) is 0 Å². The number of hydrogen-bond acceptors (Lipinski definition) is 7. The van der Waals surface area contributed by atoms with Crippen LogP contribution in [0, 0.1) is 0 Å². The average molecular weight is 543 g/mol. The molecular formula is C32H34N2O6. The van der Waals surface area contributed by atoms with E-state index in [-0.39, 0.29) is 11.3 Å². The van der Waals surface area contributed by atoms with Crippen molar-refractivity contribution in [2.24, 2.45) is 0 Å². The molecule has 208 valence electrons. The van der Waals surface area contributed by atoms with E-state index in [1.807, 2.05) is 54.6 Å². The Hall–Kier alpha value is -4.14. The number of nitrogens with zero attached hydrogens (tertiary/aromatic N) is 2. The van der Waals surface area contributed by atoms with Crippen molar-refractivity contribution in [3.05, 3.63) is 101 Å². The summed E-state index contributed by atoms with van der Waals surface area (Å²) in [6.07, 6.45) is 0.695. The molecule has 0 radical (unpaired) electrons. The molecule has 1 N–H and O–H groups in total. The molecule has 2 heterocycles. The molecule has 2 aliphatic rings. The smallest absolute Gasteiger partial charge is 0.295 e. The summed E-state index contributed by atoms with van der Waals surface area (Å²) in [7, 11) is 1.54. The summed E-state index contributed by atoms with van der Waals surface area (Å²) in [4.78, 5) is 30.6. The van der Waals surface area contributed by atoms with E-state index >= 15 is 0 Å². The van der Waals surface area contributed by atoms with Crippen molar-refractivity contribution in [2.75, 3.05) is 46.5 Å². The predicted octanol–water partition coefficient (Wildman–Crippen LogP) is 4.42. The van der Waals surface area contributed by atoms with E-state index < -0.39 is 17.7 Å². The largest absolute Gasteiger partial charge is 0.507 e. The Morgan fingerprint density at radius 3 is 2.40 bits per heavy atom. The van der Waals surface area contributed by atoms with Gasteiger partial charge in [-0.05, 0) is 41.8 Å². The lowest BCUT2D eigenvalue weighted by atomic mass is 9.95. The molecule has 1 unspecified atom stereocenters. The second-order valence-electron chi connectivity index (χ2n) is 9.88. The molecule has 3 aromatic rings. The summed E-state index contributed by atoms with van der Waals surface area (Å²) in [5.41, 5.74) is 2.27. The van der Waals surface area contributed by atoms with Gasteiger partial charge in [0, 0.05) is 31.7 Å². The maximum Gasteiger partial charge on any atom is 0.295 e. The van der Waals surface area contributed by atoms with E-state index in [2.05, 4.69) is 4.90 Å². The molecule has 0 spiro atoms. The topological polar surface area (TPSA) is 88.5 Å². The van der Waals surface area contributed by atoms with Crippen LogP contribution in [0.15, 0.2) is 84.4 Å². The van der Waals surface area contributed by atoms with Gasteiger partial charge in [-0.1, -0.05) is 54.6 Å². The highest BCUT2D eigenvalue weighted by Crippen LogP contribution is 2.40. The Kier molecular flexibility index (Phi) is 8.78. The van der Waals surface area contributed by atoms with Crippen molar-refractivity contribution in [1.29, 1.82) is 0 Å². The van der Waals surface area contributed by atoms with Crippen LogP contribution in [0.4, 0.5) is 0 Å². The molecule has 0 bridgehead atoms. The van der Waals surface area contributed by atoms with Gasteiger partial charge in [-0.15, -0.1) is 0 Å². The van der Waals surface area contributed by atoms with Gasteiger partial charge in [-0.3, -0.25) is 14.5 Å². The number of Topliss-reactive ketones (excluding diaryl/α,β-unsaturated/α-hetero) is 1. The first-order valence-electron chi connectivity index (χ1n) is 13.5. The Bertz CT molecular complexity index is 1350. The SMILES string of the molecule is COc1cccc(C(O)=C2C(=O)C(=O)N(CCCN3CCOCC3)C2c2ccc(OCc3ccccc3)cc2)c1. The van der Waals surface area contributed by atoms with E-state index in [1.165, 1.54) is 7.11 Å². The molecule has 8 nitrogen and oxygen atoms in total. The van der Waals surface area contributed by atoms with Crippen LogP contribution in [0.5, 0.6) is 11.5 Å². The minimum atomic E-state index is -0.723. The maximum atomic E-state index is 13.4. The van der Waals surface area contributed by atoms with Crippen LogP contribution in [0.1, 0.15) is 29.2 Å². The summed E-state index contributed by atoms with van der Waals surface area (Å²) >= 11 is 0. The van der Waals surface area contributed by atoms with Gasteiger partial charge in [-0.25, -0.2) is 0 Å². The fourth-order valence-corrected chi connectivity index (χ4v) is 5.16. The lowest BCUT2D eigenvalue weighted by Crippen LogP contribution is -2.38. The maximum absolute atomic E-state index is 13.4. The zero-order valence-electron chi connectivity index (χ0n) is 22.6. The monoisotopic (exact) mass is 542 g/mol. The number of methoxy groups -OCH3 is 1. The number of benzene rings is 3. The van der Waals surface area contributed by atoms with Crippen LogP contribution in [0.25, 0.3) is 5.76 Å². The van der Waals surface area contributed by atoms with E-state index in [9.17, 15) is 14.7 Å². The molecule has 3 aromatic carbocycles. The number of hydrogen-bond donors (Lipinski definition) is 1. The van der Waals surface area contributed by atoms with E-state index in [0.717, 1.165) is 30.8 Å². The third kappa shape index (κ3) is 6.19. The number of aliphatic hydroxyl groups excluding tert-OH is 1. The summed E-state index contributed by atoms with van der Waals surface area (Å²) in [6, 6.07) is 23.4. The molecule has 5 rings (SSSR count). The van der Waals surface area contributed by atoms with Crippen molar-refractivity contribution in [3.63, 3.8) is 0 Å². The summed E-state index contributed by atoms with van der Waals surface area (Å²) < 4.78 is 16.7. The number of aliphatic hydroxyl groups is 1. The van der Waals surface area contributed by atoms with Gasteiger partial charge in [0.2, 0.25) is 0 Å². The number of carbonyl (C=O) groups excluding carboxylic acids is 2. The Morgan fingerprint density at radius 2 is 1.68 bits per heavy atom. The summed E-state index contributed by atoms with van der Waals surface area (Å²) in [6.45, 7) is 4.70. The zero-order valence-corrected chi connectivity index (χ0v) is 22.6. The van der Waals surface area contributed by atoms with Gasteiger partial charge in [0.1, 0.15) is 23.9 Å². The Balaban J connectivity index is 1.42. The Labute approximate surface area is 234 Å². The third-order valence-electron chi connectivity index (χ3n) is 7.30. The van der Waals surface area contributed by atoms with Crippen molar-refractivity contribution in [2.45, 2.75) is 19.1 Å². The van der Waals surface area contributed by atoms with Crippen molar-refractivity contribution < 1.29 is 28.9 Å². The Morgan fingerprint density at radius 1 is 0.925 bits per heavy atom. The molecule has 2 aliphatic heterocycles. The highest BCUT2D eigenvalue weighted by Gasteiger charge is 2.45. The molecule has 0 aromatic heterocycles.